The predicted octanol–water partition coefficient (Wildman–Crippen LogP) is 3.64. The summed E-state index contributed by atoms with van der Waals surface area (Å²) in [6.45, 7) is 1.00. The first kappa shape index (κ1) is 23.0. The molecule has 0 fully saturated rings. The molecule has 0 spiro atoms. The first-order valence-corrected chi connectivity index (χ1v) is 11.2. The first-order valence-electron chi connectivity index (χ1n) is 9.64. The minimum atomic E-state index is -4.00. The Morgan fingerprint density at radius 2 is 1.56 bits per heavy atom. The second-order valence-corrected chi connectivity index (χ2v) is 9.13. The molecule has 0 radical (unpaired) electrons. The fourth-order valence-electron chi connectivity index (χ4n) is 2.74. The van der Waals surface area contributed by atoms with Crippen LogP contribution < -0.4 is 15.4 Å². The molecule has 0 bridgehead atoms. The van der Waals surface area contributed by atoms with E-state index in [2.05, 4.69) is 10.6 Å². The normalized spacial score (nSPS) is 11.9. The fourth-order valence-corrected chi connectivity index (χ4v) is 4.01. The van der Waals surface area contributed by atoms with Gasteiger partial charge in [-0.15, -0.1) is 0 Å². The zero-order valence-electron chi connectivity index (χ0n) is 17.1. The number of hydrogen-bond donors (Lipinski definition) is 2. The molecule has 166 valence electrons. The molecule has 9 heteroatoms. The number of ether oxygens (including phenoxy) is 1. The van der Waals surface area contributed by atoms with Crippen molar-refractivity contribution in [1.82, 2.24) is 0 Å². The molecule has 0 aliphatic carbocycles. The summed E-state index contributed by atoms with van der Waals surface area (Å²) in [6.07, 6.45) is 0. The maximum atomic E-state index is 13.1. The highest BCUT2D eigenvalue weighted by atomic mass is 32.2. The van der Waals surface area contributed by atoms with Crippen molar-refractivity contribution in [2.75, 3.05) is 17.2 Å². The molecular formula is C23H21FN2O5S. The van der Waals surface area contributed by atoms with Gasteiger partial charge >= 0.3 is 0 Å². The number of anilines is 2. The van der Waals surface area contributed by atoms with Gasteiger partial charge in [0.05, 0.1) is 4.90 Å². The molecular weight excluding hydrogens is 435 g/mol. The lowest BCUT2D eigenvalue weighted by Crippen LogP contribution is -2.32. The van der Waals surface area contributed by atoms with Crippen molar-refractivity contribution in [3.05, 3.63) is 84.7 Å². The summed E-state index contributed by atoms with van der Waals surface area (Å²) in [7, 11) is -4.00. The Hall–Kier alpha value is -3.72. The minimum Gasteiger partial charge on any atom is -0.484 e. The van der Waals surface area contributed by atoms with E-state index in [-0.39, 0.29) is 17.4 Å². The van der Waals surface area contributed by atoms with Gasteiger partial charge in [-0.3, -0.25) is 9.59 Å². The number of hydrogen-bond acceptors (Lipinski definition) is 5. The van der Waals surface area contributed by atoms with E-state index < -0.39 is 26.8 Å². The van der Waals surface area contributed by atoms with Crippen LogP contribution in [0, 0.1) is 5.82 Å². The molecule has 7 nitrogen and oxygen atoms in total. The van der Waals surface area contributed by atoms with Crippen molar-refractivity contribution in [3.8, 4) is 5.75 Å². The van der Waals surface area contributed by atoms with Crippen LogP contribution in [-0.4, -0.2) is 32.1 Å². The average molecular weight is 456 g/mol. The van der Waals surface area contributed by atoms with Gasteiger partial charge in [0.1, 0.15) is 16.8 Å². The smallest absolute Gasteiger partial charge is 0.262 e. The van der Waals surface area contributed by atoms with E-state index in [0.29, 0.717) is 17.1 Å². The number of nitrogens with one attached hydrogen (secondary N) is 2. The van der Waals surface area contributed by atoms with Gasteiger partial charge in [0.15, 0.2) is 16.4 Å². The zero-order valence-corrected chi connectivity index (χ0v) is 17.9. The maximum Gasteiger partial charge on any atom is 0.262 e. The number of carbonyl (C=O) groups is 2. The van der Waals surface area contributed by atoms with Crippen LogP contribution in [0.1, 0.15) is 6.92 Å². The van der Waals surface area contributed by atoms with E-state index in [1.165, 1.54) is 13.0 Å². The van der Waals surface area contributed by atoms with Gasteiger partial charge in [-0.05, 0) is 55.5 Å². The summed E-state index contributed by atoms with van der Waals surface area (Å²) in [5.74, 6) is -1.37. The molecule has 2 N–H and O–H groups in total. The van der Waals surface area contributed by atoms with Crippen LogP contribution in [0.15, 0.2) is 83.8 Å². The molecule has 2 amide bonds. The Balaban J connectivity index is 1.60. The molecule has 0 heterocycles. The van der Waals surface area contributed by atoms with Crippen molar-refractivity contribution in [2.24, 2.45) is 0 Å². The highest BCUT2D eigenvalue weighted by Crippen LogP contribution is 2.21. The lowest BCUT2D eigenvalue weighted by atomic mass is 10.3. The van der Waals surface area contributed by atoms with E-state index in [0.717, 1.165) is 24.3 Å². The third-order valence-electron chi connectivity index (χ3n) is 4.51. The van der Waals surface area contributed by atoms with Crippen molar-refractivity contribution >= 4 is 33.0 Å². The summed E-state index contributed by atoms with van der Waals surface area (Å²) >= 11 is 0. The van der Waals surface area contributed by atoms with Crippen LogP contribution in [-0.2, 0) is 19.4 Å². The first-order chi connectivity index (χ1) is 15.3. The predicted molar refractivity (Wildman–Crippen MR) is 119 cm³/mol. The summed E-state index contributed by atoms with van der Waals surface area (Å²) in [5, 5.41) is 3.80. The lowest BCUT2D eigenvalue weighted by Gasteiger charge is -2.14. The van der Waals surface area contributed by atoms with Crippen molar-refractivity contribution in [3.63, 3.8) is 0 Å². The Morgan fingerprint density at radius 1 is 0.906 bits per heavy atom. The number of rotatable bonds is 8. The van der Waals surface area contributed by atoms with E-state index in [4.69, 9.17) is 4.74 Å². The van der Waals surface area contributed by atoms with Crippen LogP contribution in [0.4, 0.5) is 15.8 Å². The molecule has 0 aliphatic rings. The molecule has 3 aromatic rings. The standard InChI is InChI=1S/C23H21FN2O5S/c1-16(32(29,30)21-12-10-17(24)11-13-21)23(28)26-19-8-5-9-20(14-19)31-15-22(27)25-18-6-3-2-4-7-18/h2-14,16H,15H2,1H3,(H,25,27)(H,26,28). The average Bonchev–Trinajstić information content (AvgIpc) is 2.78. The largest absolute Gasteiger partial charge is 0.484 e. The summed E-state index contributed by atoms with van der Waals surface area (Å²) in [6, 6.07) is 19.4. The van der Waals surface area contributed by atoms with Crippen LogP contribution >= 0.6 is 0 Å². The molecule has 3 aromatic carbocycles. The van der Waals surface area contributed by atoms with Gasteiger partial charge in [0, 0.05) is 17.4 Å². The van der Waals surface area contributed by atoms with Gasteiger partial charge in [0.25, 0.3) is 5.91 Å². The Bertz CT molecular complexity index is 1200. The highest BCUT2D eigenvalue weighted by molar-refractivity contribution is 7.92. The van der Waals surface area contributed by atoms with Crippen molar-refractivity contribution in [1.29, 1.82) is 0 Å². The molecule has 0 saturated heterocycles. The van der Waals surface area contributed by atoms with E-state index in [1.54, 1.807) is 42.5 Å². The molecule has 3 rings (SSSR count). The maximum absolute atomic E-state index is 13.1. The third-order valence-corrected chi connectivity index (χ3v) is 6.58. The van der Waals surface area contributed by atoms with Gasteiger partial charge in [0.2, 0.25) is 5.91 Å². The Morgan fingerprint density at radius 3 is 2.25 bits per heavy atom. The Kier molecular flexibility index (Phi) is 7.21. The van der Waals surface area contributed by atoms with E-state index >= 15 is 0 Å². The second kappa shape index (κ2) is 10.1. The van der Waals surface area contributed by atoms with Crippen LogP contribution in [0.2, 0.25) is 0 Å². The number of para-hydroxylation sites is 1. The van der Waals surface area contributed by atoms with Crippen LogP contribution in [0.25, 0.3) is 0 Å². The lowest BCUT2D eigenvalue weighted by molar-refractivity contribution is -0.118. The number of halogens is 1. The third kappa shape index (κ3) is 5.92. The highest BCUT2D eigenvalue weighted by Gasteiger charge is 2.30. The summed E-state index contributed by atoms with van der Waals surface area (Å²) < 4.78 is 43.8. The molecule has 1 unspecified atom stereocenters. The molecule has 0 aromatic heterocycles. The van der Waals surface area contributed by atoms with Crippen LogP contribution in [0.5, 0.6) is 5.75 Å². The molecule has 0 aliphatic heterocycles. The van der Waals surface area contributed by atoms with Crippen molar-refractivity contribution < 1.29 is 27.1 Å². The van der Waals surface area contributed by atoms with Gasteiger partial charge < -0.3 is 15.4 Å². The van der Waals surface area contributed by atoms with E-state index in [1.807, 2.05) is 6.07 Å². The number of amides is 2. The molecule has 1 atom stereocenters. The van der Waals surface area contributed by atoms with Gasteiger partial charge in [-0.1, -0.05) is 24.3 Å². The van der Waals surface area contributed by atoms with Crippen LogP contribution in [0.3, 0.4) is 0 Å². The molecule has 0 saturated carbocycles. The number of carbonyl (C=O) groups excluding carboxylic acids is 2. The number of sulfone groups is 1. The van der Waals surface area contributed by atoms with Gasteiger partial charge in [-0.2, -0.15) is 0 Å². The quantitative estimate of drug-likeness (QED) is 0.504. The Labute approximate surface area is 185 Å². The van der Waals surface area contributed by atoms with Crippen molar-refractivity contribution in [2.45, 2.75) is 17.1 Å². The summed E-state index contributed by atoms with van der Waals surface area (Å²) in [5.41, 5.74) is 0.940. The second-order valence-electron chi connectivity index (χ2n) is 6.86. The fraction of sp³-hybridized carbons (Fsp3) is 0.130. The monoisotopic (exact) mass is 456 g/mol. The zero-order chi connectivity index (χ0) is 23.1. The van der Waals surface area contributed by atoms with E-state index in [9.17, 15) is 22.4 Å². The summed E-state index contributed by atoms with van der Waals surface area (Å²) in [4.78, 5) is 24.4. The topological polar surface area (TPSA) is 102 Å². The minimum absolute atomic E-state index is 0.150. The molecule has 32 heavy (non-hydrogen) atoms. The van der Waals surface area contributed by atoms with Gasteiger partial charge in [-0.25, -0.2) is 12.8 Å². The SMILES string of the molecule is CC(C(=O)Nc1cccc(OCC(=O)Nc2ccccc2)c1)S(=O)(=O)c1ccc(F)cc1. The number of benzene rings is 3.